The molecule has 32 heavy (non-hydrogen) atoms. The Labute approximate surface area is 184 Å². The van der Waals surface area contributed by atoms with Gasteiger partial charge in [-0.3, -0.25) is 9.59 Å². The molecule has 0 N–H and O–H groups in total. The molecule has 0 saturated carbocycles. The van der Waals surface area contributed by atoms with Crippen LogP contribution < -0.4 is 0 Å². The van der Waals surface area contributed by atoms with Gasteiger partial charge >= 0.3 is 11.9 Å². The number of esters is 2. The van der Waals surface area contributed by atoms with E-state index in [1.54, 1.807) is 0 Å². The Bertz CT molecular complexity index is 828. The van der Waals surface area contributed by atoms with Gasteiger partial charge in [-0.15, -0.1) is 0 Å². The molecule has 0 heterocycles. The summed E-state index contributed by atoms with van der Waals surface area (Å²) in [4.78, 5) is 23.4. The molecule has 0 fully saturated rings. The molecule has 8 heteroatoms. The third kappa shape index (κ3) is 9.49. The van der Waals surface area contributed by atoms with Crippen molar-refractivity contribution in [1.82, 2.24) is 0 Å². The molecule has 0 unspecified atom stereocenters. The van der Waals surface area contributed by atoms with Crippen LogP contribution in [0, 0.1) is 23.3 Å². The monoisotopic (exact) mass is 454 g/mol. The van der Waals surface area contributed by atoms with Gasteiger partial charge in [0.1, 0.15) is 36.5 Å². The second-order valence-electron chi connectivity index (χ2n) is 7.41. The standard InChI is InChI=1S/C24H26F4O4/c25-19-9-11-21(27)17(13-19)15-31-23(29)7-5-3-1-2-4-6-8-24(30)32-16-18-14-20(26)10-12-22(18)28/h9-14H,1-8,15-16H2. The van der Waals surface area contributed by atoms with Crippen LogP contribution in [0.1, 0.15) is 62.5 Å². The van der Waals surface area contributed by atoms with Crippen molar-refractivity contribution in [3.8, 4) is 0 Å². The Hall–Kier alpha value is -2.90. The van der Waals surface area contributed by atoms with Crippen LogP contribution in [0.25, 0.3) is 0 Å². The summed E-state index contributed by atoms with van der Waals surface area (Å²) in [6.07, 6.45) is 4.96. The number of ether oxygens (including phenoxy) is 2. The van der Waals surface area contributed by atoms with E-state index in [2.05, 4.69) is 0 Å². The Morgan fingerprint density at radius 1 is 0.594 bits per heavy atom. The van der Waals surface area contributed by atoms with E-state index in [1.807, 2.05) is 0 Å². The molecule has 0 radical (unpaired) electrons. The molecule has 4 nitrogen and oxygen atoms in total. The van der Waals surface area contributed by atoms with Crippen LogP contribution in [0.15, 0.2) is 36.4 Å². The van der Waals surface area contributed by atoms with Crippen LogP contribution in [0.3, 0.4) is 0 Å². The van der Waals surface area contributed by atoms with Crippen molar-refractivity contribution in [2.75, 3.05) is 0 Å². The van der Waals surface area contributed by atoms with Crippen molar-refractivity contribution in [2.24, 2.45) is 0 Å². The zero-order valence-corrected chi connectivity index (χ0v) is 17.7. The lowest BCUT2D eigenvalue weighted by Gasteiger charge is -2.07. The Morgan fingerprint density at radius 3 is 1.38 bits per heavy atom. The molecule has 2 aromatic rings. The highest BCUT2D eigenvalue weighted by molar-refractivity contribution is 5.69. The fourth-order valence-corrected chi connectivity index (χ4v) is 3.01. The molecule has 0 aliphatic carbocycles. The molecular formula is C24H26F4O4. The first-order valence-corrected chi connectivity index (χ1v) is 10.5. The van der Waals surface area contributed by atoms with Gasteiger partial charge in [-0.2, -0.15) is 0 Å². The summed E-state index contributed by atoms with van der Waals surface area (Å²) in [5.41, 5.74) is -0.00381. The van der Waals surface area contributed by atoms with Crippen molar-refractivity contribution in [1.29, 1.82) is 0 Å². The lowest BCUT2D eigenvalue weighted by Crippen LogP contribution is -2.06. The van der Waals surface area contributed by atoms with E-state index in [1.165, 1.54) is 0 Å². The third-order valence-corrected chi connectivity index (χ3v) is 4.80. The van der Waals surface area contributed by atoms with E-state index in [-0.39, 0.29) is 37.2 Å². The van der Waals surface area contributed by atoms with Crippen molar-refractivity contribution in [2.45, 2.75) is 64.6 Å². The first-order chi connectivity index (χ1) is 15.3. The predicted molar refractivity (Wildman–Crippen MR) is 109 cm³/mol. The maximum atomic E-state index is 13.5. The average Bonchev–Trinajstić information content (AvgIpc) is 2.76. The quantitative estimate of drug-likeness (QED) is 0.207. The molecule has 0 aliphatic rings. The molecule has 2 aromatic carbocycles. The molecule has 0 spiro atoms. The predicted octanol–water partition coefficient (Wildman–Crippen LogP) is 6.15. The maximum Gasteiger partial charge on any atom is 0.306 e. The van der Waals surface area contributed by atoms with Gasteiger partial charge in [-0.05, 0) is 49.2 Å². The lowest BCUT2D eigenvalue weighted by atomic mass is 10.1. The Balaban J connectivity index is 1.47. The Morgan fingerprint density at radius 2 is 0.969 bits per heavy atom. The van der Waals surface area contributed by atoms with Crippen molar-refractivity contribution >= 4 is 11.9 Å². The Kier molecular flexibility index (Phi) is 10.7. The maximum absolute atomic E-state index is 13.5. The summed E-state index contributed by atoms with van der Waals surface area (Å²) < 4.78 is 63.0. The van der Waals surface area contributed by atoms with Crippen LogP contribution >= 0.6 is 0 Å². The number of carbonyl (C=O) groups is 2. The van der Waals surface area contributed by atoms with E-state index in [9.17, 15) is 27.2 Å². The SMILES string of the molecule is O=C(CCCCCCCCC(=O)OCc1cc(F)ccc1F)OCc1cc(F)ccc1F. The van der Waals surface area contributed by atoms with Crippen LogP contribution in [-0.2, 0) is 32.3 Å². The van der Waals surface area contributed by atoms with Crippen molar-refractivity contribution in [3.63, 3.8) is 0 Å². The molecular weight excluding hydrogens is 428 g/mol. The zero-order valence-electron chi connectivity index (χ0n) is 17.7. The van der Waals surface area contributed by atoms with Gasteiger partial charge in [-0.25, -0.2) is 17.6 Å². The van der Waals surface area contributed by atoms with Crippen LogP contribution in [0.2, 0.25) is 0 Å². The molecule has 0 bridgehead atoms. The number of rotatable bonds is 13. The van der Waals surface area contributed by atoms with Gasteiger partial charge in [0.15, 0.2) is 0 Å². The average molecular weight is 454 g/mol. The molecule has 174 valence electrons. The highest BCUT2D eigenvalue weighted by Crippen LogP contribution is 2.14. The lowest BCUT2D eigenvalue weighted by molar-refractivity contribution is -0.146. The summed E-state index contributed by atoms with van der Waals surface area (Å²) in [5, 5.41) is 0. The summed E-state index contributed by atoms with van der Waals surface area (Å²) in [5.74, 6) is -3.36. The number of unbranched alkanes of at least 4 members (excludes halogenated alkanes) is 5. The number of benzene rings is 2. The molecule has 0 amide bonds. The fourth-order valence-electron chi connectivity index (χ4n) is 3.01. The fraction of sp³-hybridized carbons (Fsp3) is 0.417. The summed E-state index contributed by atoms with van der Waals surface area (Å²) in [6.45, 7) is -0.602. The van der Waals surface area contributed by atoms with Crippen LogP contribution in [-0.4, -0.2) is 11.9 Å². The van der Waals surface area contributed by atoms with E-state index in [0.717, 1.165) is 62.1 Å². The number of hydrogen-bond acceptors (Lipinski definition) is 4. The molecule has 2 rings (SSSR count). The van der Waals surface area contributed by atoms with Gasteiger partial charge in [0.25, 0.3) is 0 Å². The summed E-state index contributed by atoms with van der Waals surface area (Å²) in [6, 6.07) is 5.97. The van der Waals surface area contributed by atoms with Crippen LogP contribution in [0.5, 0.6) is 0 Å². The van der Waals surface area contributed by atoms with Gasteiger partial charge < -0.3 is 9.47 Å². The molecule has 0 atom stereocenters. The van der Waals surface area contributed by atoms with Crippen molar-refractivity contribution in [3.05, 3.63) is 70.8 Å². The minimum absolute atomic E-state index is 0.00190. The van der Waals surface area contributed by atoms with Gasteiger partial charge in [0, 0.05) is 24.0 Å². The molecule has 0 aliphatic heterocycles. The van der Waals surface area contributed by atoms with E-state index >= 15 is 0 Å². The summed E-state index contributed by atoms with van der Waals surface area (Å²) >= 11 is 0. The topological polar surface area (TPSA) is 52.6 Å². The first kappa shape index (κ1) is 25.4. The highest BCUT2D eigenvalue weighted by Gasteiger charge is 2.09. The smallest absolute Gasteiger partial charge is 0.306 e. The number of carbonyl (C=O) groups excluding carboxylic acids is 2. The van der Waals surface area contributed by atoms with Crippen LogP contribution in [0.4, 0.5) is 17.6 Å². The number of halogens is 4. The minimum atomic E-state index is -0.621. The number of hydrogen-bond donors (Lipinski definition) is 0. The highest BCUT2D eigenvalue weighted by atomic mass is 19.1. The zero-order chi connectivity index (χ0) is 23.3. The largest absolute Gasteiger partial charge is 0.461 e. The van der Waals surface area contributed by atoms with E-state index < -0.39 is 35.2 Å². The van der Waals surface area contributed by atoms with Gasteiger partial charge in [0.05, 0.1) is 0 Å². The van der Waals surface area contributed by atoms with Gasteiger partial charge in [0.2, 0.25) is 0 Å². The second-order valence-corrected chi connectivity index (χ2v) is 7.41. The minimum Gasteiger partial charge on any atom is -0.461 e. The summed E-state index contributed by atoms with van der Waals surface area (Å²) in [7, 11) is 0. The molecule has 0 saturated heterocycles. The third-order valence-electron chi connectivity index (χ3n) is 4.80. The van der Waals surface area contributed by atoms with Gasteiger partial charge in [-0.1, -0.05) is 25.7 Å². The molecule has 0 aromatic heterocycles. The first-order valence-electron chi connectivity index (χ1n) is 10.5. The normalized spacial score (nSPS) is 10.8. The van der Waals surface area contributed by atoms with E-state index in [4.69, 9.17) is 9.47 Å². The van der Waals surface area contributed by atoms with E-state index in [0.29, 0.717) is 12.8 Å². The van der Waals surface area contributed by atoms with Crippen molar-refractivity contribution < 1.29 is 36.6 Å². The second kappa shape index (κ2) is 13.5.